The summed E-state index contributed by atoms with van der Waals surface area (Å²) < 4.78 is 27.6. The smallest absolute Gasteiger partial charge is 0.152 e. The van der Waals surface area contributed by atoms with Crippen LogP contribution < -0.4 is 4.74 Å². The molecule has 0 aliphatic carbocycles. The molecule has 6 heteroatoms. The van der Waals surface area contributed by atoms with Gasteiger partial charge >= 0.3 is 0 Å². The molecule has 1 aromatic rings. The highest BCUT2D eigenvalue weighted by molar-refractivity contribution is 7.91. The lowest BCUT2D eigenvalue weighted by atomic mass is 10.1. The summed E-state index contributed by atoms with van der Waals surface area (Å²) in [5.74, 6) is 0.380. The monoisotopic (exact) mass is 245 g/mol. The van der Waals surface area contributed by atoms with Gasteiger partial charge in [0.05, 0.1) is 12.4 Å². The fourth-order valence-corrected chi connectivity index (χ4v) is 1.85. The maximum absolute atomic E-state index is 11.3. The molecule has 0 aliphatic rings. The molecule has 2 atom stereocenters. The summed E-state index contributed by atoms with van der Waals surface area (Å²) in [6.45, 7) is 1.44. The zero-order chi connectivity index (χ0) is 12.3. The Morgan fingerprint density at radius 3 is 2.62 bits per heavy atom. The third kappa shape index (κ3) is 2.70. The Balaban J connectivity index is 3.10. The highest BCUT2D eigenvalue weighted by Gasteiger charge is 2.28. The van der Waals surface area contributed by atoms with E-state index in [1.54, 1.807) is 12.1 Å². The number of sulfone groups is 1. The van der Waals surface area contributed by atoms with Crippen molar-refractivity contribution >= 4 is 9.84 Å². The summed E-state index contributed by atoms with van der Waals surface area (Å²) >= 11 is 0. The van der Waals surface area contributed by atoms with Gasteiger partial charge in [0, 0.05) is 12.5 Å². The lowest BCUT2D eigenvalue weighted by molar-refractivity contribution is 0.166. The van der Waals surface area contributed by atoms with Crippen molar-refractivity contribution in [3.05, 3.63) is 24.0 Å². The topological polar surface area (TPSA) is 76.5 Å². The van der Waals surface area contributed by atoms with Crippen LogP contribution in [0.2, 0.25) is 0 Å². The Hall–Kier alpha value is -1.14. The number of hydrogen-bond donors (Lipinski definition) is 1. The van der Waals surface area contributed by atoms with E-state index in [-0.39, 0.29) is 5.69 Å². The molecule has 0 spiro atoms. The predicted octanol–water partition coefficient (Wildman–Crippen LogP) is 0.557. The van der Waals surface area contributed by atoms with Gasteiger partial charge in [0.15, 0.2) is 9.84 Å². The Bertz CT molecular complexity index is 458. The summed E-state index contributed by atoms with van der Waals surface area (Å²) in [6, 6.07) is 3.28. The zero-order valence-electron chi connectivity index (χ0n) is 9.41. The number of aliphatic hydroxyl groups excluding tert-OH is 1. The fourth-order valence-electron chi connectivity index (χ4n) is 1.25. The van der Waals surface area contributed by atoms with Crippen LogP contribution in [-0.2, 0) is 9.84 Å². The molecule has 1 aromatic heterocycles. The van der Waals surface area contributed by atoms with E-state index >= 15 is 0 Å². The minimum atomic E-state index is -3.32. The lowest BCUT2D eigenvalue weighted by Crippen LogP contribution is -2.25. The Labute approximate surface area is 95.0 Å². The van der Waals surface area contributed by atoms with E-state index in [1.165, 1.54) is 20.2 Å². The molecule has 0 bridgehead atoms. The molecular formula is C10H15NO4S. The van der Waals surface area contributed by atoms with Crippen molar-refractivity contribution in [2.24, 2.45) is 0 Å². The SMILES string of the molecule is COc1cccnc1C(O)C(C)S(C)(=O)=O. The highest BCUT2D eigenvalue weighted by atomic mass is 32.2. The van der Waals surface area contributed by atoms with Gasteiger partial charge in [-0.15, -0.1) is 0 Å². The van der Waals surface area contributed by atoms with Crippen LogP contribution >= 0.6 is 0 Å². The van der Waals surface area contributed by atoms with Gasteiger partial charge in [0.2, 0.25) is 0 Å². The number of methoxy groups -OCH3 is 1. The first kappa shape index (κ1) is 12.9. The molecule has 90 valence electrons. The van der Waals surface area contributed by atoms with Crippen LogP contribution in [0.1, 0.15) is 18.7 Å². The third-order valence-electron chi connectivity index (χ3n) is 2.42. The van der Waals surface area contributed by atoms with Crippen molar-refractivity contribution in [3.63, 3.8) is 0 Å². The van der Waals surface area contributed by atoms with Crippen molar-refractivity contribution in [3.8, 4) is 5.75 Å². The summed E-state index contributed by atoms with van der Waals surface area (Å²) in [5.41, 5.74) is 0.239. The fraction of sp³-hybridized carbons (Fsp3) is 0.500. The molecule has 0 radical (unpaired) electrons. The molecule has 0 saturated heterocycles. The molecule has 0 fully saturated rings. The first-order valence-corrected chi connectivity index (χ1v) is 6.69. The standard InChI is InChI=1S/C10H15NO4S/c1-7(16(3,13)14)10(12)9-8(15-2)5-4-6-11-9/h4-7,10,12H,1-3H3. The molecule has 0 amide bonds. The number of pyridine rings is 1. The van der Waals surface area contributed by atoms with E-state index < -0.39 is 21.2 Å². The number of hydrogen-bond acceptors (Lipinski definition) is 5. The van der Waals surface area contributed by atoms with Gasteiger partial charge in [-0.3, -0.25) is 4.98 Å². The van der Waals surface area contributed by atoms with E-state index in [0.29, 0.717) is 5.75 Å². The second-order valence-electron chi connectivity index (χ2n) is 3.57. The predicted molar refractivity (Wildman–Crippen MR) is 60.1 cm³/mol. The largest absolute Gasteiger partial charge is 0.495 e. The highest BCUT2D eigenvalue weighted by Crippen LogP contribution is 2.27. The lowest BCUT2D eigenvalue weighted by Gasteiger charge is -2.18. The maximum Gasteiger partial charge on any atom is 0.152 e. The number of nitrogens with zero attached hydrogens (tertiary/aromatic N) is 1. The minimum absolute atomic E-state index is 0.239. The molecule has 2 unspecified atom stereocenters. The van der Waals surface area contributed by atoms with Gasteiger partial charge in [-0.25, -0.2) is 8.42 Å². The molecule has 1 heterocycles. The van der Waals surface area contributed by atoms with Gasteiger partial charge in [-0.05, 0) is 19.1 Å². The van der Waals surface area contributed by atoms with Crippen LogP contribution in [-0.4, -0.2) is 37.1 Å². The Kier molecular flexibility index (Phi) is 3.88. The Morgan fingerprint density at radius 2 is 2.12 bits per heavy atom. The number of aromatic nitrogens is 1. The van der Waals surface area contributed by atoms with Crippen LogP contribution in [0, 0.1) is 0 Å². The normalized spacial score (nSPS) is 15.5. The maximum atomic E-state index is 11.3. The summed E-state index contributed by atoms with van der Waals surface area (Å²) in [4.78, 5) is 3.94. The number of rotatable bonds is 4. The van der Waals surface area contributed by atoms with Crippen LogP contribution in [0.4, 0.5) is 0 Å². The number of ether oxygens (including phenoxy) is 1. The van der Waals surface area contributed by atoms with Crippen molar-refractivity contribution in [1.82, 2.24) is 4.98 Å². The summed E-state index contributed by atoms with van der Waals surface area (Å²) in [7, 11) is -1.88. The average molecular weight is 245 g/mol. The summed E-state index contributed by atoms with van der Waals surface area (Å²) in [6.07, 6.45) is 1.37. The van der Waals surface area contributed by atoms with Crippen LogP contribution in [0.5, 0.6) is 5.75 Å². The van der Waals surface area contributed by atoms with E-state index in [9.17, 15) is 13.5 Å². The van der Waals surface area contributed by atoms with E-state index in [1.807, 2.05) is 0 Å². The van der Waals surface area contributed by atoms with Gasteiger partial charge in [-0.2, -0.15) is 0 Å². The third-order valence-corrected chi connectivity index (χ3v) is 4.03. The second-order valence-corrected chi connectivity index (χ2v) is 5.97. The molecular weight excluding hydrogens is 230 g/mol. The summed E-state index contributed by atoms with van der Waals surface area (Å²) in [5, 5.41) is 8.99. The van der Waals surface area contributed by atoms with Crippen LogP contribution in [0.25, 0.3) is 0 Å². The van der Waals surface area contributed by atoms with Gasteiger partial charge < -0.3 is 9.84 Å². The van der Waals surface area contributed by atoms with Gasteiger partial charge in [0.1, 0.15) is 17.5 Å². The van der Waals surface area contributed by atoms with Crippen LogP contribution in [0.15, 0.2) is 18.3 Å². The first-order chi connectivity index (χ1) is 7.38. The number of aliphatic hydroxyl groups is 1. The second kappa shape index (κ2) is 4.80. The first-order valence-electron chi connectivity index (χ1n) is 4.73. The molecule has 1 rings (SSSR count). The van der Waals surface area contributed by atoms with E-state index in [4.69, 9.17) is 4.74 Å². The Morgan fingerprint density at radius 1 is 1.50 bits per heavy atom. The molecule has 0 saturated carbocycles. The van der Waals surface area contributed by atoms with E-state index in [2.05, 4.69) is 4.98 Å². The van der Waals surface area contributed by atoms with Crippen LogP contribution in [0.3, 0.4) is 0 Å². The van der Waals surface area contributed by atoms with Gasteiger partial charge in [0.25, 0.3) is 0 Å². The molecule has 16 heavy (non-hydrogen) atoms. The molecule has 0 aliphatic heterocycles. The average Bonchev–Trinajstić information content (AvgIpc) is 2.25. The molecule has 1 N–H and O–H groups in total. The van der Waals surface area contributed by atoms with Gasteiger partial charge in [-0.1, -0.05) is 0 Å². The minimum Gasteiger partial charge on any atom is -0.495 e. The molecule has 0 aromatic carbocycles. The van der Waals surface area contributed by atoms with Crippen molar-refractivity contribution in [2.75, 3.05) is 13.4 Å². The zero-order valence-corrected chi connectivity index (χ0v) is 10.2. The van der Waals surface area contributed by atoms with E-state index in [0.717, 1.165) is 6.26 Å². The molecule has 5 nitrogen and oxygen atoms in total. The van der Waals surface area contributed by atoms with Crippen molar-refractivity contribution in [2.45, 2.75) is 18.3 Å². The quantitative estimate of drug-likeness (QED) is 0.838. The van der Waals surface area contributed by atoms with Crippen molar-refractivity contribution < 1.29 is 18.3 Å². The van der Waals surface area contributed by atoms with Crippen molar-refractivity contribution in [1.29, 1.82) is 0 Å².